The van der Waals surface area contributed by atoms with Gasteiger partial charge in [0.2, 0.25) is 5.89 Å². The molecule has 0 N–H and O–H groups in total. The van der Waals surface area contributed by atoms with Crippen LogP contribution in [0.4, 0.5) is 0 Å². The lowest BCUT2D eigenvalue weighted by Crippen LogP contribution is -2.48. The van der Waals surface area contributed by atoms with E-state index in [4.69, 9.17) is 14.0 Å². The Labute approximate surface area is 157 Å². The second-order valence-corrected chi connectivity index (χ2v) is 7.26. The molecule has 4 rings (SSSR count). The lowest BCUT2D eigenvalue weighted by molar-refractivity contribution is 0.0211. The van der Waals surface area contributed by atoms with Crippen molar-refractivity contribution in [2.45, 2.75) is 25.2 Å². The molecule has 0 saturated carbocycles. The molecule has 4 heterocycles. The fraction of sp³-hybridized carbons (Fsp3) is 0.667. The molecular formula is C18H25N5O4. The quantitative estimate of drug-likeness (QED) is 0.667. The lowest BCUT2D eigenvalue weighted by Gasteiger charge is -2.36. The molecule has 0 radical (unpaired) electrons. The minimum Gasteiger partial charge on any atom is -0.381 e. The molecule has 0 aromatic carbocycles. The largest absolute Gasteiger partial charge is 0.381 e. The van der Waals surface area contributed by atoms with E-state index in [-0.39, 0.29) is 11.8 Å². The summed E-state index contributed by atoms with van der Waals surface area (Å²) >= 11 is 0. The first kappa shape index (κ1) is 18.1. The maximum Gasteiger partial charge on any atom is 0.274 e. The van der Waals surface area contributed by atoms with Crippen molar-refractivity contribution < 1.29 is 18.8 Å². The molecule has 0 aliphatic carbocycles. The van der Waals surface area contributed by atoms with Gasteiger partial charge >= 0.3 is 0 Å². The molecule has 27 heavy (non-hydrogen) atoms. The van der Waals surface area contributed by atoms with E-state index in [2.05, 4.69) is 15.1 Å². The molecule has 1 amide bonds. The number of likely N-dealkylation sites (tertiary alicyclic amines) is 1. The van der Waals surface area contributed by atoms with Crippen LogP contribution in [0.3, 0.4) is 0 Å². The van der Waals surface area contributed by atoms with E-state index in [9.17, 15) is 4.79 Å². The molecule has 2 fully saturated rings. The molecule has 0 atom stereocenters. The molecule has 0 spiro atoms. The van der Waals surface area contributed by atoms with Crippen LogP contribution in [0.1, 0.15) is 41.0 Å². The summed E-state index contributed by atoms with van der Waals surface area (Å²) in [6.07, 6.45) is 6.12. The van der Waals surface area contributed by atoms with E-state index >= 15 is 0 Å². The average Bonchev–Trinajstić information content (AvgIpc) is 3.28. The van der Waals surface area contributed by atoms with Gasteiger partial charge in [-0.15, -0.1) is 0 Å². The fourth-order valence-electron chi connectivity index (χ4n) is 3.35. The van der Waals surface area contributed by atoms with E-state index in [0.29, 0.717) is 49.4 Å². The number of ether oxygens (including phenoxy) is 2. The molecule has 2 aromatic heterocycles. The number of amides is 1. The predicted octanol–water partition coefficient (Wildman–Crippen LogP) is 1.03. The monoisotopic (exact) mass is 375 g/mol. The maximum atomic E-state index is 12.3. The topological polar surface area (TPSA) is 95.5 Å². The normalized spacial score (nSPS) is 18.6. The molecule has 9 nitrogen and oxygen atoms in total. The summed E-state index contributed by atoms with van der Waals surface area (Å²) < 4.78 is 18.2. The first-order valence-corrected chi connectivity index (χ1v) is 9.44. The minimum atomic E-state index is -0.0619. The van der Waals surface area contributed by atoms with Crippen LogP contribution in [0.15, 0.2) is 17.0 Å². The standard InChI is InChI=1S/C18H25N5O4/c1-22-10-15(19-12-22)18(24)23-8-14(9-23)17-20-16(21-27-17)4-7-26-11-13-2-5-25-6-3-13/h10,12-14H,2-9,11H2,1H3. The van der Waals surface area contributed by atoms with Gasteiger partial charge < -0.3 is 23.5 Å². The van der Waals surface area contributed by atoms with Crippen LogP contribution in [0.25, 0.3) is 0 Å². The van der Waals surface area contributed by atoms with Crippen molar-refractivity contribution in [3.63, 3.8) is 0 Å². The Bertz CT molecular complexity index is 761. The van der Waals surface area contributed by atoms with Gasteiger partial charge in [-0.05, 0) is 18.8 Å². The number of carbonyl (C=O) groups excluding carboxylic acids is 1. The summed E-state index contributed by atoms with van der Waals surface area (Å²) in [5.41, 5.74) is 0.462. The third kappa shape index (κ3) is 4.36. The van der Waals surface area contributed by atoms with Crippen LogP contribution in [-0.2, 0) is 22.9 Å². The van der Waals surface area contributed by atoms with E-state index in [1.165, 1.54) is 0 Å². The second-order valence-electron chi connectivity index (χ2n) is 7.26. The fourth-order valence-corrected chi connectivity index (χ4v) is 3.35. The van der Waals surface area contributed by atoms with E-state index in [1.54, 1.807) is 22.0 Å². The summed E-state index contributed by atoms with van der Waals surface area (Å²) in [5, 5.41) is 4.03. The number of aryl methyl sites for hydroxylation is 1. The number of rotatable bonds is 7. The van der Waals surface area contributed by atoms with E-state index in [0.717, 1.165) is 32.7 Å². The molecule has 146 valence electrons. The van der Waals surface area contributed by atoms with Crippen LogP contribution in [0, 0.1) is 5.92 Å². The van der Waals surface area contributed by atoms with Crippen molar-refractivity contribution in [3.05, 3.63) is 29.9 Å². The number of carbonyl (C=O) groups is 1. The zero-order valence-electron chi connectivity index (χ0n) is 15.5. The van der Waals surface area contributed by atoms with Gasteiger partial charge in [0, 0.05) is 52.6 Å². The Morgan fingerprint density at radius 3 is 2.89 bits per heavy atom. The van der Waals surface area contributed by atoms with Gasteiger partial charge in [0.25, 0.3) is 5.91 Å². The highest BCUT2D eigenvalue weighted by Gasteiger charge is 2.36. The Kier molecular flexibility index (Phi) is 5.49. The molecule has 2 aliphatic heterocycles. The third-order valence-electron chi connectivity index (χ3n) is 5.09. The highest BCUT2D eigenvalue weighted by atomic mass is 16.5. The molecule has 2 aliphatic rings. The Balaban J connectivity index is 1.18. The van der Waals surface area contributed by atoms with Gasteiger partial charge in [0.1, 0.15) is 5.69 Å². The van der Waals surface area contributed by atoms with E-state index in [1.807, 2.05) is 7.05 Å². The number of aromatic nitrogens is 4. The summed E-state index contributed by atoms with van der Waals surface area (Å²) in [6.45, 7) is 4.19. The number of hydrogen-bond acceptors (Lipinski definition) is 7. The summed E-state index contributed by atoms with van der Waals surface area (Å²) in [6, 6.07) is 0. The van der Waals surface area contributed by atoms with Crippen molar-refractivity contribution in [2.24, 2.45) is 13.0 Å². The number of hydrogen-bond donors (Lipinski definition) is 0. The highest BCUT2D eigenvalue weighted by Crippen LogP contribution is 2.27. The zero-order chi connectivity index (χ0) is 18.6. The molecule has 2 aromatic rings. The van der Waals surface area contributed by atoms with E-state index < -0.39 is 0 Å². The van der Waals surface area contributed by atoms with Gasteiger partial charge in [-0.25, -0.2) is 4.98 Å². The van der Waals surface area contributed by atoms with Gasteiger partial charge in [-0.3, -0.25) is 4.79 Å². The Morgan fingerprint density at radius 2 is 2.15 bits per heavy atom. The zero-order valence-corrected chi connectivity index (χ0v) is 15.5. The third-order valence-corrected chi connectivity index (χ3v) is 5.09. The van der Waals surface area contributed by atoms with Crippen molar-refractivity contribution in [1.29, 1.82) is 0 Å². The lowest BCUT2D eigenvalue weighted by atomic mass is 10.00. The van der Waals surface area contributed by atoms with Crippen molar-refractivity contribution in [2.75, 3.05) is 39.5 Å². The van der Waals surface area contributed by atoms with Crippen LogP contribution in [-0.4, -0.2) is 70.0 Å². The van der Waals surface area contributed by atoms with Crippen LogP contribution in [0.2, 0.25) is 0 Å². The maximum absolute atomic E-state index is 12.3. The number of nitrogens with zero attached hydrogens (tertiary/aromatic N) is 5. The minimum absolute atomic E-state index is 0.0619. The highest BCUT2D eigenvalue weighted by molar-refractivity contribution is 5.92. The van der Waals surface area contributed by atoms with Crippen LogP contribution < -0.4 is 0 Å². The van der Waals surface area contributed by atoms with Crippen molar-refractivity contribution >= 4 is 5.91 Å². The molecule has 0 unspecified atom stereocenters. The number of imidazole rings is 1. The Hall–Kier alpha value is -2.26. The smallest absolute Gasteiger partial charge is 0.274 e. The van der Waals surface area contributed by atoms with Crippen molar-refractivity contribution in [3.8, 4) is 0 Å². The predicted molar refractivity (Wildman–Crippen MR) is 94.2 cm³/mol. The first-order valence-electron chi connectivity index (χ1n) is 9.44. The van der Waals surface area contributed by atoms with Gasteiger partial charge in [-0.1, -0.05) is 5.16 Å². The first-order chi connectivity index (χ1) is 13.2. The van der Waals surface area contributed by atoms with Crippen LogP contribution in [0.5, 0.6) is 0 Å². The van der Waals surface area contributed by atoms with Crippen LogP contribution >= 0.6 is 0 Å². The van der Waals surface area contributed by atoms with Gasteiger partial charge in [0.15, 0.2) is 5.82 Å². The molecule has 2 saturated heterocycles. The summed E-state index contributed by atoms with van der Waals surface area (Å²) in [7, 11) is 1.84. The molecule has 0 bridgehead atoms. The summed E-state index contributed by atoms with van der Waals surface area (Å²) in [4.78, 5) is 22.6. The van der Waals surface area contributed by atoms with Gasteiger partial charge in [-0.2, -0.15) is 4.98 Å². The average molecular weight is 375 g/mol. The summed E-state index contributed by atoms with van der Waals surface area (Å²) in [5.74, 6) is 1.89. The molecular weight excluding hydrogens is 350 g/mol. The SMILES string of the molecule is Cn1cnc(C(=O)N2CC(c3nc(CCOCC4CCOCC4)no3)C2)c1. The van der Waals surface area contributed by atoms with Crippen molar-refractivity contribution in [1.82, 2.24) is 24.6 Å². The second kappa shape index (κ2) is 8.18. The Morgan fingerprint density at radius 1 is 1.33 bits per heavy atom. The molecule has 9 heteroatoms. The van der Waals surface area contributed by atoms with Gasteiger partial charge in [0.05, 0.1) is 18.9 Å².